The molecule has 1 N–H and O–H groups in total. The maximum Gasteiger partial charge on any atom is 0.310 e. The monoisotopic (exact) mass is 197 g/mol. The number of hydrogen-bond acceptors (Lipinski definition) is 2. The van der Waals surface area contributed by atoms with Crippen LogP contribution in [0.4, 0.5) is 0 Å². The topological polar surface area (TPSA) is 40.5 Å². The number of nitrogens with zero attached hydrogens (tertiary/aromatic N) is 1. The molecule has 0 fully saturated rings. The van der Waals surface area contributed by atoms with Crippen molar-refractivity contribution in [1.82, 2.24) is 4.90 Å². The number of aliphatic carboxylic acids is 1. The van der Waals surface area contributed by atoms with E-state index >= 15 is 0 Å². The summed E-state index contributed by atoms with van der Waals surface area (Å²) in [5.74, 6) is -1.06. The lowest BCUT2D eigenvalue weighted by Crippen LogP contribution is -2.37. The van der Waals surface area contributed by atoms with Gasteiger partial charge in [-0.05, 0) is 32.8 Å². The summed E-state index contributed by atoms with van der Waals surface area (Å²) < 4.78 is 0. The zero-order valence-corrected chi connectivity index (χ0v) is 9.16. The Kier molecular flexibility index (Phi) is 3.69. The molecule has 0 radical (unpaired) electrons. The summed E-state index contributed by atoms with van der Waals surface area (Å²) in [6.07, 6.45) is 3.06. The molecule has 0 spiro atoms. The second kappa shape index (κ2) is 4.60. The minimum absolute atomic E-state index is 0.337. The van der Waals surface area contributed by atoms with Crippen molar-refractivity contribution in [3.63, 3.8) is 0 Å². The molecule has 0 saturated heterocycles. The van der Waals surface area contributed by atoms with Gasteiger partial charge in [-0.2, -0.15) is 0 Å². The van der Waals surface area contributed by atoms with Gasteiger partial charge in [-0.3, -0.25) is 9.69 Å². The zero-order valence-electron chi connectivity index (χ0n) is 9.16. The fraction of sp³-hybridized carbons (Fsp3) is 0.727. The quantitative estimate of drug-likeness (QED) is 0.701. The molecule has 1 rings (SSSR count). The van der Waals surface area contributed by atoms with E-state index in [2.05, 4.69) is 24.8 Å². The molecular weight excluding hydrogens is 178 g/mol. The van der Waals surface area contributed by atoms with Crippen LogP contribution in [0.1, 0.15) is 27.2 Å². The molecule has 0 amide bonds. The van der Waals surface area contributed by atoms with E-state index in [1.807, 2.05) is 0 Å². The predicted octanol–water partition coefficient (Wildman–Crippen LogP) is 1.75. The van der Waals surface area contributed by atoms with Crippen molar-refractivity contribution in [2.75, 3.05) is 13.1 Å². The Morgan fingerprint density at radius 1 is 1.50 bits per heavy atom. The van der Waals surface area contributed by atoms with Gasteiger partial charge in [-0.15, -0.1) is 0 Å². The summed E-state index contributed by atoms with van der Waals surface area (Å²) in [5.41, 5.74) is 1.05. The van der Waals surface area contributed by atoms with Crippen molar-refractivity contribution >= 4 is 5.97 Å². The summed E-state index contributed by atoms with van der Waals surface area (Å²) in [7, 11) is 0. The maximum atomic E-state index is 10.8. The van der Waals surface area contributed by atoms with Crippen molar-refractivity contribution in [2.45, 2.75) is 33.2 Å². The van der Waals surface area contributed by atoms with E-state index in [9.17, 15) is 4.79 Å². The average Bonchev–Trinajstić information content (AvgIpc) is 2.16. The molecule has 1 aliphatic rings. The van der Waals surface area contributed by atoms with E-state index in [1.54, 1.807) is 6.92 Å². The van der Waals surface area contributed by atoms with Gasteiger partial charge in [-0.25, -0.2) is 0 Å². The Balaban J connectivity index is 2.63. The fourth-order valence-electron chi connectivity index (χ4n) is 1.71. The van der Waals surface area contributed by atoms with E-state index in [0.29, 0.717) is 6.04 Å². The van der Waals surface area contributed by atoms with E-state index in [4.69, 9.17) is 5.11 Å². The van der Waals surface area contributed by atoms with Gasteiger partial charge in [0.05, 0.1) is 5.92 Å². The maximum absolute atomic E-state index is 10.8. The molecule has 3 nitrogen and oxygen atoms in total. The van der Waals surface area contributed by atoms with Crippen LogP contribution in [0.25, 0.3) is 0 Å². The third-order valence-corrected chi connectivity index (χ3v) is 2.87. The van der Waals surface area contributed by atoms with Crippen LogP contribution in [0, 0.1) is 5.92 Å². The molecule has 0 bridgehead atoms. The third-order valence-electron chi connectivity index (χ3n) is 2.87. The third kappa shape index (κ3) is 2.58. The summed E-state index contributed by atoms with van der Waals surface area (Å²) in [6.45, 7) is 7.92. The fourth-order valence-corrected chi connectivity index (χ4v) is 1.71. The van der Waals surface area contributed by atoms with E-state index in [0.717, 1.165) is 25.1 Å². The zero-order chi connectivity index (χ0) is 10.7. The molecule has 14 heavy (non-hydrogen) atoms. The smallest absolute Gasteiger partial charge is 0.310 e. The van der Waals surface area contributed by atoms with Gasteiger partial charge in [0, 0.05) is 19.1 Å². The number of carboxylic acid groups (broad SMARTS) is 1. The minimum Gasteiger partial charge on any atom is -0.481 e. The van der Waals surface area contributed by atoms with Gasteiger partial charge >= 0.3 is 5.97 Å². The van der Waals surface area contributed by atoms with Crippen molar-refractivity contribution < 1.29 is 9.90 Å². The van der Waals surface area contributed by atoms with Crippen molar-refractivity contribution in [3.05, 3.63) is 11.6 Å². The SMILES string of the molecule is CC(C(=O)O)C1=CCCN(C(C)C)C1. The first-order chi connectivity index (χ1) is 6.52. The second-order valence-electron chi connectivity index (χ2n) is 4.19. The minimum atomic E-state index is -0.721. The van der Waals surface area contributed by atoms with Crippen molar-refractivity contribution in [1.29, 1.82) is 0 Å². The normalized spacial score (nSPS) is 20.7. The van der Waals surface area contributed by atoms with Crippen LogP contribution in [0.5, 0.6) is 0 Å². The van der Waals surface area contributed by atoms with Gasteiger partial charge < -0.3 is 5.11 Å². The second-order valence-corrected chi connectivity index (χ2v) is 4.19. The first-order valence-electron chi connectivity index (χ1n) is 5.18. The van der Waals surface area contributed by atoms with E-state index in [1.165, 1.54) is 0 Å². The molecule has 80 valence electrons. The average molecular weight is 197 g/mol. The van der Waals surface area contributed by atoms with Gasteiger partial charge in [-0.1, -0.05) is 6.08 Å². The summed E-state index contributed by atoms with van der Waals surface area (Å²) in [5, 5.41) is 8.90. The van der Waals surface area contributed by atoms with Gasteiger partial charge in [0.2, 0.25) is 0 Å². The van der Waals surface area contributed by atoms with Crippen LogP contribution in [0.15, 0.2) is 11.6 Å². The first kappa shape index (κ1) is 11.2. The van der Waals surface area contributed by atoms with Crippen LogP contribution < -0.4 is 0 Å². The highest BCUT2D eigenvalue weighted by molar-refractivity contribution is 5.73. The number of rotatable bonds is 3. The molecule has 1 unspecified atom stereocenters. The lowest BCUT2D eigenvalue weighted by atomic mass is 9.96. The molecule has 0 aromatic rings. The summed E-state index contributed by atoms with van der Waals surface area (Å²) in [6, 6.07) is 0.500. The molecule has 0 aromatic carbocycles. The highest BCUT2D eigenvalue weighted by atomic mass is 16.4. The van der Waals surface area contributed by atoms with Crippen LogP contribution in [-0.4, -0.2) is 35.1 Å². The van der Waals surface area contributed by atoms with Crippen LogP contribution in [0.3, 0.4) is 0 Å². The van der Waals surface area contributed by atoms with Crippen LogP contribution in [0.2, 0.25) is 0 Å². The highest BCUT2D eigenvalue weighted by Gasteiger charge is 2.22. The van der Waals surface area contributed by atoms with E-state index < -0.39 is 5.97 Å². The first-order valence-corrected chi connectivity index (χ1v) is 5.18. The Labute approximate surface area is 85.4 Å². The molecule has 0 saturated carbocycles. The Hall–Kier alpha value is -0.830. The summed E-state index contributed by atoms with van der Waals surface area (Å²) in [4.78, 5) is 13.1. The Morgan fingerprint density at radius 2 is 2.14 bits per heavy atom. The number of hydrogen-bond donors (Lipinski definition) is 1. The lowest BCUT2D eigenvalue weighted by molar-refractivity contribution is -0.140. The van der Waals surface area contributed by atoms with Gasteiger partial charge in [0.1, 0.15) is 0 Å². The molecule has 3 heteroatoms. The predicted molar refractivity (Wildman–Crippen MR) is 56.2 cm³/mol. The Morgan fingerprint density at radius 3 is 2.64 bits per heavy atom. The standard InChI is InChI=1S/C11H19NO2/c1-8(2)12-6-4-5-10(7-12)9(3)11(13)14/h5,8-9H,4,6-7H2,1-3H3,(H,13,14). The molecule has 1 heterocycles. The van der Waals surface area contributed by atoms with Crippen molar-refractivity contribution in [2.24, 2.45) is 5.92 Å². The van der Waals surface area contributed by atoms with Crippen LogP contribution >= 0.6 is 0 Å². The molecule has 1 aliphatic heterocycles. The molecule has 1 atom stereocenters. The van der Waals surface area contributed by atoms with E-state index in [-0.39, 0.29) is 5.92 Å². The summed E-state index contributed by atoms with van der Waals surface area (Å²) >= 11 is 0. The van der Waals surface area contributed by atoms with Crippen molar-refractivity contribution in [3.8, 4) is 0 Å². The largest absolute Gasteiger partial charge is 0.481 e. The molecular formula is C11H19NO2. The number of carboxylic acids is 1. The van der Waals surface area contributed by atoms with Gasteiger partial charge in [0.25, 0.3) is 0 Å². The number of carbonyl (C=O) groups is 1. The lowest BCUT2D eigenvalue weighted by Gasteiger charge is -2.31. The highest BCUT2D eigenvalue weighted by Crippen LogP contribution is 2.19. The van der Waals surface area contributed by atoms with Crippen LogP contribution in [-0.2, 0) is 4.79 Å². The molecule has 0 aromatic heterocycles. The Bertz CT molecular complexity index is 246. The molecule has 0 aliphatic carbocycles. The van der Waals surface area contributed by atoms with Gasteiger partial charge in [0.15, 0.2) is 0 Å².